The lowest BCUT2D eigenvalue weighted by Crippen LogP contribution is -2.48. The molecule has 3 aromatic rings. The zero-order valence-electron chi connectivity index (χ0n) is 16.9. The fourth-order valence-electron chi connectivity index (χ4n) is 3.78. The van der Waals surface area contributed by atoms with Crippen molar-refractivity contribution in [3.63, 3.8) is 0 Å². The van der Waals surface area contributed by atoms with Gasteiger partial charge in [0.25, 0.3) is 0 Å². The van der Waals surface area contributed by atoms with Gasteiger partial charge in [0.2, 0.25) is 10.0 Å². The van der Waals surface area contributed by atoms with Crippen molar-refractivity contribution in [2.24, 2.45) is 0 Å². The molecule has 1 fully saturated rings. The quantitative estimate of drug-likeness (QED) is 0.595. The van der Waals surface area contributed by atoms with Crippen molar-refractivity contribution in [3.8, 4) is 0 Å². The molecule has 0 spiro atoms. The van der Waals surface area contributed by atoms with E-state index in [9.17, 15) is 17.6 Å². The lowest BCUT2D eigenvalue weighted by molar-refractivity contribution is 0.181. The summed E-state index contributed by atoms with van der Waals surface area (Å²) in [7, 11) is -3.87. The zero-order valence-corrected chi connectivity index (χ0v) is 17.7. The van der Waals surface area contributed by atoms with Crippen molar-refractivity contribution in [3.05, 3.63) is 75.4 Å². The van der Waals surface area contributed by atoms with Crippen LogP contribution in [0.3, 0.4) is 0 Å². The smallest absolute Gasteiger partial charge is 0.336 e. The fourth-order valence-corrected chi connectivity index (χ4v) is 5.26. The molecule has 1 aromatic heterocycles. The minimum Gasteiger partial charge on any atom is -0.423 e. The number of hydrogen-bond acceptors (Lipinski definition) is 5. The maximum atomic E-state index is 14.0. The van der Waals surface area contributed by atoms with Gasteiger partial charge in [0.05, 0.1) is 0 Å². The van der Waals surface area contributed by atoms with Gasteiger partial charge in [0.15, 0.2) is 0 Å². The molecule has 158 valence electrons. The van der Waals surface area contributed by atoms with E-state index < -0.39 is 21.5 Å². The van der Waals surface area contributed by atoms with E-state index in [0.29, 0.717) is 25.2 Å². The number of piperazine rings is 1. The summed E-state index contributed by atoms with van der Waals surface area (Å²) in [4.78, 5) is 13.8. The van der Waals surface area contributed by atoms with Crippen LogP contribution in [0.1, 0.15) is 16.7 Å². The van der Waals surface area contributed by atoms with Crippen LogP contribution in [0.5, 0.6) is 0 Å². The van der Waals surface area contributed by atoms with E-state index in [-0.39, 0.29) is 18.0 Å². The molecule has 0 unspecified atom stereocenters. The van der Waals surface area contributed by atoms with Crippen molar-refractivity contribution >= 4 is 21.0 Å². The van der Waals surface area contributed by atoms with Gasteiger partial charge in [0, 0.05) is 44.2 Å². The summed E-state index contributed by atoms with van der Waals surface area (Å²) in [6.07, 6.45) is 0. The molecule has 8 heteroatoms. The number of fused-ring (bicyclic) bond motifs is 1. The number of nitrogens with zero attached hydrogens (tertiary/aromatic N) is 2. The highest BCUT2D eigenvalue weighted by molar-refractivity contribution is 7.89. The first-order valence-electron chi connectivity index (χ1n) is 9.77. The number of benzene rings is 2. The highest BCUT2D eigenvalue weighted by atomic mass is 32.2. The fraction of sp³-hybridized carbons (Fsp3) is 0.318. The van der Waals surface area contributed by atoms with Crippen LogP contribution in [0.15, 0.2) is 56.6 Å². The second-order valence-corrected chi connectivity index (χ2v) is 9.54. The standard InChI is InChI=1S/C22H23FN2O4S/c1-15-11-18-17(13-22(26)29-20(18)12-16(15)2)14-24-7-9-25(10-8-24)30(27,28)21-6-4-3-5-19(21)23/h3-6,11-13H,7-10,14H2,1-2H3. The molecule has 2 aromatic carbocycles. The summed E-state index contributed by atoms with van der Waals surface area (Å²) in [6.45, 7) is 5.98. The van der Waals surface area contributed by atoms with Crippen LogP contribution in [-0.4, -0.2) is 43.8 Å². The van der Waals surface area contributed by atoms with Crippen LogP contribution in [0.25, 0.3) is 11.0 Å². The Morgan fingerprint density at radius 1 is 1.00 bits per heavy atom. The SMILES string of the molecule is Cc1cc2oc(=O)cc(CN3CCN(S(=O)(=O)c4ccccc4F)CC3)c2cc1C. The van der Waals surface area contributed by atoms with E-state index in [1.807, 2.05) is 26.0 Å². The summed E-state index contributed by atoms with van der Waals surface area (Å²) >= 11 is 0. The summed E-state index contributed by atoms with van der Waals surface area (Å²) in [5.41, 5.74) is 3.17. The summed E-state index contributed by atoms with van der Waals surface area (Å²) in [5, 5.41) is 0.888. The Kier molecular flexibility index (Phi) is 5.48. The predicted octanol–water partition coefficient (Wildman–Crippen LogP) is 3.06. The van der Waals surface area contributed by atoms with Gasteiger partial charge in [-0.1, -0.05) is 12.1 Å². The average molecular weight is 431 g/mol. The lowest BCUT2D eigenvalue weighted by atomic mass is 10.0. The molecule has 0 bridgehead atoms. The number of rotatable bonds is 4. The summed E-state index contributed by atoms with van der Waals surface area (Å²) in [5.74, 6) is -0.743. The van der Waals surface area contributed by atoms with Gasteiger partial charge in [-0.15, -0.1) is 0 Å². The van der Waals surface area contributed by atoms with Crippen molar-refractivity contribution in [1.29, 1.82) is 0 Å². The molecule has 4 rings (SSSR count). The summed E-state index contributed by atoms with van der Waals surface area (Å²) < 4.78 is 46.2. The Morgan fingerprint density at radius 2 is 1.67 bits per heavy atom. The van der Waals surface area contributed by atoms with E-state index in [4.69, 9.17) is 4.42 Å². The van der Waals surface area contributed by atoms with Crippen molar-refractivity contribution in [1.82, 2.24) is 9.21 Å². The molecular formula is C22H23FN2O4S. The number of halogens is 1. The molecule has 0 N–H and O–H groups in total. The predicted molar refractivity (Wildman–Crippen MR) is 112 cm³/mol. The molecular weight excluding hydrogens is 407 g/mol. The lowest BCUT2D eigenvalue weighted by Gasteiger charge is -2.34. The van der Waals surface area contributed by atoms with Gasteiger partial charge < -0.3 is 4.42 Å². The molecule has 1 saturated heterocycles. The maximum Gasteiger partial charge on any atom is 0.336 e. The van der Waals surface area contributed by atoms with Gasteiger partial charge >= 0.3 is 5.63 Å². The third-order valence-corrected chi connectivity index (χ3v) is 7.56. The first-order valence-corrected chi connectivity index (χ1v) is 11.2. The van der Waals surface area contributed by atoms with E-state index in [2.05, 4.69) is 4.90 Å². The number of aryl methyl sites for hydroxylation is 2. The van der Waals surface area contributed by atoms with Gasteiger partial charge in [-0.25, -0.2) is 17.6 Å². The van der Waals surface area contributed by atoms with E-state index >= 15 is 0 Å². The van der Waals surface area contributed by atoms with Gasteiger partial charge in [-0.05, 0) is 54.8 Å². The molecule has 0 atom stereocenters. The van der Waals surface area contributed by atoms with Crippen LogP contribution < -0.4 is 5.63 Å². The molecule has 0 saturated carbocycles. The molecule has 1 aliphatic rings. The number of hydrogen-bond donors (Lipinski definition) is 0. The Bertz CT molecular complexity index is 1260. The first-order chi connectivity index (χ1) is 14.3. The van der Waals surface area contributed by atoms with E-state index in [0.717, 1.165) is 28.1 Å². The molecule has 0 amide bonds. The summed E-state index contributed by atoms with van der Waals surface area (Å²) in [6, 6.07) is 10.8. The second kappa shape index (κ2) is 7.94. The van der Waals surface area contributed by atoms with Crippen LogP contribution in [0, 0.1) is 19.7 Å². The monoisotopic (exact) mass is 430 g/mol. The van der Waals surface area contributed by atoms with Gasteiger partial charge in [0.1, 0.15) is 16.3 Å². The minimum atomic E-state index is -3.87. The highest BCUT2D eigenvalue weighted by Crippen LogP contribution is 2.24. The highest BCUT2D eigenvalue weighted by Gasteiger charge is 2.30. The van der Waals surface area contributed by atoms with Crippen molar-refractivity contribution < 1.29 is 17.2 Å². The van der Waals surface area contributed by atoms with Crippen molar-refractivity contribution in [2.45, 2.75) is 25.3 Å². The Labute approximate surface area is 174 Å². The molecule has 6 nitrogen and oxygen atoms in total. The minimum absolute atomic E-state index is 0.258. The Hall–Kier alpha value is -2.55. The Morgan fingerprint density at radius 3 is 2.37 bits per heavy atom. The van der Waals surface area contributed by atoms with E-state index in [1.165, 1.54) is 28.6 Å². The van der Waals surface area contributed by atoms with E-state index in [1.54, 1.807) is 0 Å². The third-order valence-electron chi connectivity index (χ3n) is 5.62. The zero-order chi connectivity index (χ0) is 21.5. The van der Waals surface area contributed by atoms with Crippen molar-refractivity contribution in [2.75, 3.05) is 26.2 Å². The largest absolute Gasteiger partial charge is 0.423 e. The second-order valence-electron chi connectivity index (χ2n) is 7.63. The Balaban J connectivity index is 1.53. The molecule has 1 aliphatic heterocycles. The molecule has 30 heavy (non-hydrogen) atoms. The van der Waals surface area contributed by atoms with Gasteiger partial charge in [-0.2, -0.15) is 4.31 Å². The van der Waals surface area contributed by atoms with Crippen LogP contribution >= 0.6 is 0 Å². The third kappa shape index (κ3) is 3.90. The van der Waals surface area contributed by atoms with Crippen LogP contribution in [0.2, 0.25) is 0 Å². The van der Waals surface area contributed by atoms with Crippen LogP contribution in [-0.2, 0) is 16.6 Å². The maximum absolute atomic E-state index is 14.0. The van der Waals surface area contributed by atoms with Crippen LogP contribution in [0.4, 0.5) is 4.39 Å². The molecule has 0 aliphatic carbocycles. The average Bonchev–Trinajstić information content (AvgIpc) is 2.70. The van der Waals surface area contributed by atoms with Gasteiger partial charge in [-0.3, -0.25) is 4.90 Å². The normalized spacial score (nSPS) is 16.2. The topological polar surface area (TPSA) is 70.8 Å². The number of sulfonamides is 1. The molecule has 2 heterocycles. The molecule has 0 radical (unpaired) electrons. The first kappa shape index (κ1) is 20.7.